The topological polar surface area (TPSA) is 52.1 Å². The third-order valence-electron chi connectivity index (χ3n) is 1.94. The molecule has 0 unspecified atom stereocenters. The number of benzene rings is 1. The molecule has 15 heavy (non-hydrogen) atoms. The Labute approximate surface area is 90.9 Å². The third-order valence-corrected chi connectivity index (χ3v) is 2.12. The monoisotopic (exact) mass is 222 g/mol. The lowest BCUT2D eigenvalue weighted by molar-refractivity contribution is -0.129. The minimum Gasteiger partial charge on any atom is -0.463 e. The van der Waals surface area contributed by atoms with E-state index >= 15 is 0 Å². The van der Waals surface area contributed by atoms with Crippen molar-refractivity contribution in [2.45, 2.75) is 6.61 Å². The first-order valence-electron chi connectivity index (χ1n) is 4.26. The first-order chi connectivity index (χ1) is 7.29. The van der Waals surface area contributed by atoms with Crippen molar-refractivity contribution in [1.82, 2.24) is 9.97 Å². The van der Waals surface area contributed by atoms with Crippen LogP contribution in [0.4, 0.5) is 0 Å². The van der Waals surface area contributed by atoms with Crippen LogP contribution in [0.3, 0.4) is 0 Å². The Morgan fingerprint density at radius 1 is 1.47 bits per heavy atom. The number of nitrogens with zero attached hydrogens (tertiary/aromatic N) is 2. The van der Waals surface area contributed by atoms with Crippen molar-refractivity contribution in [2.24, 2.45) is 0 Å². The molecule has 0 spiro atoms. The van der Waals surface area contributed by atoms with Crippen LogP contribution in [0.5, 0.6) is 0 Å². The summed E-state index contributed by atoms with van der Waals surface area (Å²) in [6.07, 6.45) is 1.65. The summed E-state index contributed by atoms with van der Waals surface area (Å²) in [4.78, 5) is 17.9. The van der Waals surface area contributed by atoms with E-state index in [1.165, 1.54) is 0 Å². The van der Waals surface area contributed by atoms with Crippen LogP contribution in [0.1, 0.15) is 5.56 Å². The second-order valence-electron chi connectivity index (χ2n) is 2.94. The zero-order valence-corrected chi connectivity index (χ0v) is 8.44. The highest BCUT2D eigenvalue weighted by molar-refractivity contribution is 6.28. The van der Waals surface area contributed by atoms with Crippen molar-refractivity contribution < 1.29 is 9.53 Å². The van der Waals surface area contributed by atoms with Gasteiger partial charge >= 0.3 is 0 Å². The van der Waals surface area contributed by atoms with Crippen LogP contribution in [0.15, 0.2) is 24.4 Å². The van der Waals surface area contributed by atoms with Gasteiger partial charge in [0, 0.05) is 11.6 Å². The van der Waals surface area contributed by atoms with Crippen molar-refractivity contribution in [2.75, 3.05) is 0 Å². The Morgan fingerprint density at radius 2 is 2.33 bits per heavy atom. The fraction of sp³-hybridized carbons (Fsp3) is 0.100. The highest BCUT2D eigenvalue weighted by atomic mass is 35.5. The molecule has 0 aliphatic rings. The fourth-order valence-corrected chi connectivity index (χ4v) is 1.41. The molecule has 1 heterocycles. The van der Waals surface area contributed by atoms with Gasteiger partial charge in [0.1, 0.15) is 6.61 Å². The number of carbonyl (C=O) groups excluding carboxylic acids is 1. The maximum absolute atomic E-state index is 10.0. The second-order valence-corrected chi connectivity index (χ2v) is 3.28. The van der Waals surface area contributed by atoms with Gasteiger partial charge in [-0.25, -0.2) is 9.97 Å². The molecule has 0 fully saturated rings. The van der Waals surface area contributed by atoms with E-state index < -0.39 is 0 Å². The lowest BCUT2D eigenvalue weighted by Gasteiger charge is -2.01. The van der Waals surface area contributed by atoms with Crippen LogP contribution in [0.2, 0.25) is 5.28 Å². The van der Waals surface area contributed by atoms with Crippen molar-refractivity contribution >= 4 is 29.0 Å². The standard InChI is InChI=1S/C10H7ClN2O2/c11-10-12-4-8-2-1-7(5-15-6-14)3-9(8)13-10/h1-4,6H,5H2. The third kappa shape index (κ3) is 2.22. The molecule has 0 saturated carbocycles. The number of aromatic nitrogens is 2. The smallest absolute Gasteiger partial charge is 0.293 e. The summed E-state index contributed by atoms with van der Waals surface area (Å²) in [5, 5.41) is 1.10. The average molecular weight is 223 g/mol. The molecule has 0 saturated heterocycles. The molecule has 4 nitrogen and oxygen atoms in total. The van der Waals surface area contributed by atoms with Crippen molar-refractivity contribution in [1.29, 1.82) is 0 Å². The maximum Gasteiger partial charge on any atom is 0.293 e. The molecule has 76 valence electrons. The molecule has 0 bridgehead atoms. The summed E-state index contributed by atoms with van der Waals surface area (Å²) in [7, 11) is 0. The molecule has 0 amide bonds. The molecule has 0 atom stereocenters. The molecule has 0 aliphatic carbocycles. The summed E-state index contributed by atoms with van der Waals surface area (Å²) < 4.78 is 4.64. The van der Waals surface area contributed by atoms with E-state index in [0.717, 1.165) is 16.5 Å². The Hall–Kier alpha value is -1.68. The minimum absolute atomic E-state index is 0.205. The molecule has 2 aromatic rings. The zero-order chi connectivity index (χ0) is 10.7. The molecule has 1 aromatic heterocycles. The number of fused-ring (bicyclic) bond motifs is 1. The largest absolute Gasteiger partial charge is 0.463 e. The van der Waals surface area contributed by atoms with Gasteiger partial charge in [-0.05, 0) is 23.2 Å². The fourth-order valence-electron chi connectivity index (χ4n) is 1.27. The first-order valence-corrected chi connectivity index (χ1v) is 4.64. The molecular formula is C10H7ClN2O2. The zero-order valence-electron chi connectivity index (χ0n) is 7.68. The molecule has 0 aliphatic heterocycles. The molecule has 0 radical (unpaired) electrons. The lowest BCUT2D eigenvalue weighted by atomic mass is 10.2. The predicted molar refractivity (Wildman–Crippen MR) is 55.4 cm³/mol. The van der Waals surface area contributed by atoms with Crippen LogP contribution in [-0.2, 0) is 16.1 Å². The molecule has 0 N–H and O–H groups in total. The van der Waals surface area contributed by atoms with Gasteiger partial charge in [0.25, 0.3) is 6.47 Å². The van der Waals surface area contributed by atoms with E-state index in [1.807, 2.05) is 18.2 Å². The number of rotatable bonds is 3. The molecule has 5 heteroatoms. The van der Waals surface area contributed by atoms with E-state index in [4.69, 9.17) is 11.6 Å². The summed E-state index contributed by atoms with van der Waals surface area (Å²) in [5.74, 6) is 0. The second kappa shape index (κ2) is 4.23. The normalized spacial score (nSPS) is 10.2. The van der Waals surface area contributed by atoms with Crippen LogP contribution < -0.4 is 0 Å². The number of hydrogen-bond acceptors (Lipinski definition) is 4. The summed E-state index contributed by atoms with van der Waals surface area (Å²) in [6.45, 7) is 0.651. The predicted octanol–water partition coefficient (Wildman–Crippen LogP) is 1.96. The van der Waals surface area contributed by atoms with Gasteiger partial charge in [0.05, 0.1) is 5.52 Å². The van der Waals surface area contributed by atoms with E-state index in [-0.39, 0.29) is 11.9 Å². The number of ether oxygens (including phenoxy) is 1. The summed E-state index contributed by atoms with van der Waals surface area (Å²) >= 11 is 5.67. The van der Waals surface area contributed by atoms with Gasteiger partial charge in [-0.15, -0.1) is 0 Å². The number of hydrogen-bond donors (Lipinski definition) is 0. The minimum atomic E-state index is 0.205. The summed E-state index contributed by atoms with van der Waals surface area (Å²) in [5.41, 5.74) is 1.60. The molecular weight excluding hydrogens is 216 g/mol. The lowest BCUT2D eigenvalue weighted by Crippen LogP contribution is -1.91. The highest BCUT2D eigenvalue weighted by Crippen LogP contribution is 2.15. The Kier molecular flexibility index (Phi) is 2.78. The molecule has 2 rings (SSSR count). The van der Waals surface area contributed by atoms with E-state index in [2.05, 4.69) is 14.7 Å². The Bertz CT molecular complexity index is 502. The summed E-state index contributed by atoms with van der Waals surface area (Å²) in [6, 6.07) is 5.52. The van der Waals surface area contributed by atoms with Gasteiger partial charge in [0.2, 0.25) is 5.28 Å². The van der Waals surface area contributed by atoms with Crippen molar-refractivity contribution in [3.8, 4) is 0 Å². The van der Waals surface area contributed by atoms with Crippen LogP contribution in [0.25, 0.3) is 10.9 Å². The van der Waals surface area contributed by atoms with Crippen LogP contribution in [-0.4, -0.2) is 16.4 Å². The van der Waals surface area contributed by atoms with Gasteiger partial charge in [-0.1, -0.05) is 12.1 Å². The van der Waals surface area contributed by atoms with Crippen molar-refractivity contribution in [3.05, 3.63) is 35.2 Å². The van der Waals surface area contributed by atoms with Gasteiger partial charge in [0.15, 0.2) is 0 Å². The van der Waals surface area contributed by atoms with E-state index in [9.17, 15) is 4.79 Å². The number of carbonyl (C=O) groups is 1. The average Bonchev–Trinajstić information content (AvgIpc) is 2.25. The van der Waals surface area contributed by atoms with Gasteiger partial charge < -0.3 is 4.74 Å². The first kappa shape index (κ1) is 9.86. The van der Waals surface area contributed by atoms with E-state index in [0.29, 0.717) is 6.47 Å². The number of halogens is 1. The van der Waals surface area contributed by atoms with Crippen molar-refractivity contribution in [3.63, 3.8) is 0 Å². The van der Waals surface area contributed by atoms with Gasteiger partial charge in [-0.2, -0.15) is 0 Å². The molecule has 1 aromatic carbocycles. The SMILES string of the molecule is O=COCc1ccc2cnc(Cl)nc2c1. The Morgan fingerprint density at radius 3 is 3.13 bits per heavy atom. The quantitative estimate of drug-likeness (QED) is 0.589. The highest BCUT2D eigenvalue weighted by Gasteiger charge is 1.99. The van der Waals surface area contributed by atoms with Crippen LogP contribution >= 0.6 is 11.6 Å². The maximum atomic E-state index is 10.0. The van der Waals surface area contributed by atoms with Gasteiger partial charge in [-0.3, -0.25) is 4.79 Å². The Balaban J connectivity index is 2.40. The van der Waals surface area contributed by atoms with Crippen LogP contribution in [0, 0.1) is 0 Å². The van der Waals surface area contributed by atoms with E-state index in [1.54, 1.807) is 6.20 Å².